The Morgan fingerprint density at radius 1 is 0.955 bits per heavy atom. The van der Waals surface area contributed by atoms with Crippen LogP contribution in [0.5, 0.6) is 11.5 Å². The molecule has 2 aliphatic rings. The molecular weight excluding hydrogens is 274 g/mol. The summed E-state index contributed by atoms with van der Waals surface area (Å²) >= 11 is 0. The van der Waals surface area contributed by atoms with Crippen molar-refractivity contribution in [3.8, 4) is 11.5 Å². The lowest BCUT2D eigenvalue weighted by Gasteiger charge is -2.34. The van der Waals surface area contributed by atoms with E-state index in [0.717, 1.165) is 37.5 Å². The van der Waals surface area contributed by atoms with Crippen LogP contribution in [0.3, 0.4) is 0 Å². The van der Waals surface area contributed by atoms with Gasteiger partial charge in [0.05, 0.1) is 6.61 Å². The molecule has 3 nitrogen and oxygen atoms in total. The molecule has 0 bridgehead atoms. The Kier molecular flexibility index (Phi) is 3.21. The number of fused-ring (bicyclic) bond motifs is 2. The van der Waals surface area contributed by atoms with Crippen LogP contribution < -0.4 is 14.4 Å². The van der Waals surface area contributed by atoms with Crippen molar-refractivity contribution in [2.24, 2.45) is 0 Å². The maximum atomic E-state index is 6.04. The molecule has 2 aromatic rings. The van der Waals surface area contributed by atoms with Gasteiger partial charge in [-0.25, -0.2) is 0 Å². The highest BCUT2D eigenvalue weighted by molar-refractivity contribution is 5.61. The monoisotopic (exact) mass is 295 g/mol. The number of nitrogens with zero attached hydrogens (tertiary/aromatic N) is 1. The lowest BCUT2D eigenvalue weighted by molar-refractivity contribution is 0.273. The second kappa shape index (κ2) is 5.24. The second-order valence-electron chi connectivity index (χ2n) is 6.23. The normalized spacial score (nSPS) is 16.4. The van der Waals surface area contributed by atoms with Crippen molar-refractivity contribution in [1.82, 2.24) is 0 Å². The van der Waals surface area contributed by atoms with Crippen LogP contribution in [-0.4, -0.2) is 13.3 Å². The molecule has 0 aromatic heterocycles. The molecule has 0 radical (unpaired) electrons. The molecule has 0 unspecified atom stereocenters. The van der Waals surface area contributed by atoms with E-state index < -0.39 is 0 Å². The molecule has 0 spiro atoms. The zero-order valence-corrected chi connectivity index (χ0v) is 13.2. The van der Waals surface area contributed by atoms with Crippen molar-refractivity contribution in [2.45, 2.75) is 33.2 Å². The second-order valence-corrected chi connectivity index (χ2v) is 6.23. The number of para-hydroxylation sites is 1. The Balaban J connectivity index is 1.69. The standard InChI is InChI=1S/C19H21NO2/c1-13-5-3-6-14(2)19(13)20-11-16-10-17-15(7-4-8-21-17)9-18(16)22-12-20/h3,5-6,9-10H,4,7-8,11-12H2,1-2H3. The number of aryl methyl sites for hydroxylation is 3. The van der Waals surface area contributed by atoms with Gasteiger partial charge in [-0.3, -0.25) is 0 Å². The molecule has 0 N–H and O–H groups in total. The molecule has 0 amide bonds. The number of hydrogen-bond acceptors (Lipinski definition) is 3. The van der Waals surface area contributed by atoms with Gasteiger partial charge in [0.15, 0.2) is 6.73 Å². The topological polar surface area (TPSA) is 21.7 Å². The fourth-order valence-corrected chi connectivity index (χ4v) is 3.52. The van der Waals surface area contributed by atoms with Crippen LogP contribution in [0, 0.1) is 13.8 Å². The van der Waals surface area contributed by atoms with Crippen LogP contribution in [0.15, 0.2) is 30.3 Å². The number of benzene rings is 2. The van der Waals surface area contributed by atoms with Crippen LogP contribution >= 0.6 is 0 Å². The minimum absolute atomic E-state index is 0.609. The molecule has 0 aliphatic carbocycles. The van der Waals surface area contributed by atoms with Crippen molar-refractivity contribution in [1.29, 1.82) is 0 Å². The Morgan fingerprint density at radius 3 is 2.50 bits per heavy atom. The Morgan fingerprint density at radius 2 is 1.68 bits per heavy atom. The lowest BCUT2D eigenvalue weighted by atomic mass is 10.0. The van der Waals surface area contributed by atoms with E-state index in [1.807, 2.05) is 0 Å². The fraction of sp³-hybridized carbons (Fsp3) is 0.368. The van der Waals surface area contributed by atoms with Gasteiger partial charge >= 0.3 is 0 Å². The lowest BCUT2D eigenvalue weighted by Crippen LogP contribution is -2.33. The highest BCUT2D eigenvalue weighted by Gasteiger charge is 2.23. The summed E-state index contributed by atoms with van der Waals surface area (Å²) in [4.78, 5) is 2.31. The summed E-state index contributed by atoms with van der Waals surface area (Å²) in [5, 5.41) is 0. The van der Waals surface area contributed by atoms with E-state index in [1.54, 1.807) is 0 Å². The summed E-state index contributed by atoms with van der Waals surface area (Å²) in [6, 6.07) is 10.8. The van der Waals surface area contributed by atoms with E-state index in [4.69, 9.17) is 9.47 Å². The smallest absolute Gasteiger partial charge is 0.161 e. The Hall–Kier alpha value is -2.16. The van der Waals surface area contributed by atoms with E-state index in [1.165, 1.54) is 27.9 Å². The first-order valence-corrected chi connectivity index (χ1v) is 7.95. The van der Waals surface area contributed by atoms with Crippen molar-refractivity contribution < 1.29 is 9.47 Å². The van der Waals surface area contributed by atoms with Crippen LogP contribution in [0.25, 0.3) is 0 Å². The maximum absolute atomic E-state index is 6.04. The third-order valence-corrected chi connectivity index (χ3v) is 4.58. The Bertz CT molecular complexity index is 703. The quantitative estimate of drug-likeness (QED) is 0.794. The van der Waals surface area contributed by atoms with Gasteiger partial charge in [0, 0.05) is 17.8 Å². The molecule has 0 saturated heterocycles. The van der Waals surface area contributed by atoms with Crippen molar-refractivity contribution >= 4 is 5.69 Å². The summed E-state index contributed by atoms with van der Waals surface area (Å²) in [5.41, 5.74) is 6.37. The maximum Gasteiger partial charge on any atom is 0.161 e. The van der Waals surface area contributed by atoms with Gasteiger partial charge in [-0.15, -0.1) is 0 Å². The van der Waals surface area contributed by atoms with Gasteiger partial charge < -0.3 is 14.4 Å². The van der Waals surface area contributed by atoms with E-state index in [2.05, 4.69) is 49.1 Å². The summed E-state index contributed by atoms with van der Waals surface area (Å²) in [6.45, 7) is 6.63. The molecule has 4 rings (SSSR count). The first-order valence-electron chi connectivity index (χ1n) is 7.95. The number of ether oxygens (including phenoxy) is 2. The number of hydrogen-bond donors (Lipinski definition) is 0. The van der Waals surface area contributed by atoms with Gasteiger partial charge in [0.2, 0.25) is 0 Å². The molecule has 2 aliphatic heterocycles. The summed E-state index contributed by atoms with van der Waals surface area (Å²) < 4.78 is 11.8. The molecular formula is C19H21NO2. The zero-order chi connectivity index (χ0) is 15.1. The van der Waals surface area contributed by atoms with Crippen LogP contribution in [0.2, 0.25) is 0 Å². The van der Waals surface area contributed by atoms with E-state index >= 15 is 0 Å². The average molecular weight is 295 g/mol. The largest absolute Gasteiger partial charge is 0.493 e. The van der Waals surface area contributed by atoms with Crippen LogP contribution in [0.1, 0.15) is 28.7 Å². The van der Waals surface area contributed by atoms with E-state index in [0.29, 0.717) is 6.73 Å². The third kappa shape index (κ3) is 2.21. The first-order chi connectivity index (χ1) is 10.7. The third-order valence-electron chi connectivity index (χ3n) is 4.58. The van der Waals surface area contributed by atoms with Crippen molar-refractivity contribution in [2.75, 3.05) is 18.2 Å². The highest BCUT2D eigenvalue weighted by Crippen LogP contribution is 2.37. The summed E-state index contributed by atoms with van der Waals surface area (Å²) in [6.07, 6.45) is 2.19. The van der Waals surface area contributed by atoms with Gasteiger partial charge in [-0.1, -0.05) is 18.2 Å². The highest BCUT2D eigenvalue weighted by atomic mass is 16.5. The minimum atomic E-state index is 0.609. The first kappa shape index (κ1) is 13.5. The van der Waals surface area contributed by atoms with Crippen molar-refractivity contribution in [3.05, 3.63) is 52.6 Å². The van der Waals surface area contributed by atoms with Gasteiger partial charge in [0.25, 0.3) is 0 Å². The molecule has 2 heterocycles. The van der Waals surface area contributed by atoms with Gasteiger partial charge in [-0.05, 0) is 55.5 Å². The van der Waals surface area contributed by atoms with E-state index in [9.17, 15) is 0 Å². The Labute approximate surface area is 131 Å². The molecule has 22 heavy (non-hydrogen) atoms. The van der Waals surface area contributed by atoms with Crippen LogP contribution in [0.4, 0.5) is 5.69 Å². The summed E-state index contributed by atoms with van der Waals surface area (Å²) in [7, 11) is 0. The molecule has 0 saturated carbocycles. The van der Waals surface area contributed by atoms with Gasteiger partial charge in [0.1, 0.15) is 11.5 Å². The average Bonchev–Trinajstić information content (AvgIpc) is 2.52. The van der Waals surface area contributed by atoms with Crippen molar-refractivity contribution in [3.63, 3.8) is 0 Å². The SMILES string of the molecule is Cc1cccc(C)c1N1COc2cc3c(cc2C1)OCCC3. The zero-order valence-electron chi connectivity index (χ0n) is 13.2. The molecule has 0 atom stereocenters. The predicted octanol–water partition coefficient (Wildman–Crippen LogP) is 3.98. The minimum Gasteiger partial charge on any atom is -0.493 e. The molecule has 3 heteroatoms. The van der Waals surface area contributed by atoms with Crippen LogP contribution in [-0.2, 0) is 13.0 Å². The fourth-order valence-electron chi connectivity index (χ4n) is 3.52. The molecule has 114 valence electrons. The molecule has 2 aromatic carbocycles. The number of anilines is 1. The summed E-state index contributed by atoms with van der Waals surface area (Å²) in [5.74, 6) is 2.06. The molecule has 0 fully saturated rings. The number of rotatable bonds is 1. The van der Waals surface area contributed by atoms with Gasteiger partial charge in [-0.2, -0.15) is 0 Å². The van der Waals surface area contributed by atoms with E-state index in [-0.39, 0.29) is 0 Å². The predicted molar refractivity (Wildman–Crippen MR) is 87.9 cm³/mol.